The first-order valence-corrected chi connectivity index (χ1v) is 5.53. The third kappa shape index (κ3) is 4.09. The molecule has 1 atom stereocenters. The van der Waals surface area contributed by atoms with E-state index in [1.54, 1.807) is 22.6 Å². The molecule has 50 valence electrons. The maximum atomic E-state index is 10.4. The molecule has 6 heteroatoms. The van der Waals surface area contributed by atoms with Gasteiger partial charge in [-0.25, -0.2) is 0 Å². The standard InChI is InChI=1S/C2H5ClIO3P/c3-1-7-8(5,6)2-4/h1-2H2,(H,5,6). The van der Waals surface area contributed by atoms with Crippen LogP contribution in [0.1, 0.15) is 0 Å². The largest absolute Gasteiger partial charge is 0.338 e. The zero-order valence-corrected chi connectivity index (χ0v) is 7.69. The van der Waals surface area contributed by atoms with Gasteiger partial charge in [-0.05, 0) is 0 Å². The molecule has 0 aliphatic rings. The monoisotopic (exact) mass is 270 g/mol. The van der Waals surface area contributed by atoms with Crippen LogP contribution in [0.25, 0.3) is 0 Å². The Kier molecular flexibility index (Phi) is 4.65. The van der Waals surface area contributed by atoms with Crippen LogP contribution in [0.15, 0.2) is 0 Å². The number of alkyl halides is 2. The molecule has 0 aromatic rings. The molecule has 0 bridgehead atoms. The molecule has 0 aliphatic carbocycles. The molecule has 8 heavy (non-hydrogen) atoms. The zero-order chi connectivity index (χ0) is 6.62. The Morgan fingerprint density at radius 3 is 2.50 bits per heavy atom. The van der Waals surface area contributed by atoms with Crippen LogP contribution in [0.4, 0.5) is 0 Å². The Hall–Kier alpha value is 1.17. The van der Waals surface area contributed by atoms with Gasteiger partial charge in [0, 0.05) is 0 Å². The van der Waals surface area contributed by atoms with Crippen LogP contribution in [-0.4, -0.2) is 15.1 Å². The van der Waals surface area contributed by atoms with E-state index in [1.807, 2.05) is 0 Å². The minimum Gasteiger partial charge on any atom is -0.324 e. The predicted molar refractivity (Wildman–Crippen MR) is 40.5 cm³/mol. The number of halogens is 2. The molecular weight excluding hydrogens is 265 g/mol. The van der Waals surface area contributed by atoms with Crippen LogP contribution < -0.4 is 0 Å². The second-order valence-electron chi connectivity index (χ2n) is 0.995. The van der Waals surface area contributed by atoms with Crippen LogP contribution in [0, 0.1) is 0 Å². The van der Waals surface area contributed by atoms with E-state index in [2.05, 4.69) is 4.52 Å². The van der Waals surface area contributed by atoms with Crippen LogP contribution in [0.3, 0.4) is 0 Å². The molecule has 0 saturated heterocycles. The molecule has 0 aromatic heterocycles. The van der Waals surface area contributed by atoms with E-state index in [-0.39, 0.29) is 10.2 Å². The second kappa shape index (κ2) is 4.06. The van der Waals surface area contributed by atoms with Crippen molar-refractivity contribution in [3.05, 3.63) is 0 Å². The Morgan fingerprint density at radius 1 is 1.88 bits per heavy atom. The molecule has 0 fully saturated rings. The van der Waals surface area contributed by atoms with E-state index in [0.717, 1.165) is 0 Å². The topological polar surface area (TPSA) is 46.5 Å². The Labute approximate surface area is 66.0 Å². The summed E-state index contributed by atoms with van der Waals surface area (Å²) in [5, 5.41) is 0. The molecule has 0 rings (SSSR count). The summed E-state index contributed by atoms with van der Waals surface area (Å²) < 4.78 is 14.8. The maximum absolute atomic E-state index is 10.4. The summed E-state index contributed by atoms with van der Waals surface area (Å²) >= 11 is 6.76. The van der Waals surface area contributed by atoms with Crippen molar-refractivity contribution in [1.82, 2.24) is 0 Å². The second-order valence-corrected chi connectivity index (χ2v) is 5.03. The molecule has 1 unspecified atom stereocenters. The number of hydrogen-bond acceptors (Lipinski definition) is 2. The van der Waals surface area contributed by atoms with Gasteiger partial charge in [-0.15, -0.1) is 0 Å². The molecule has 0 radical (unpaired) electrons. The smallest absolute Gasteiger partial charge is 0.324 e. The highest BCUT2D eigenvalue weighted by molar-refractivity contribution is 14.1. The third-order valence-electron chi connectivity index (χ3n) is 0.402. The maximum Gasteiger partial charge on any atom is 0.338 e. The average Bonchev–Trinajstić information content (AvgIpc) is 1.67. The molecule has 0 amide bonds. The minimum absolute atomic E-state index is 0.0808. The number of hydrogen-bond donors (Lipinski definition) is 1. The quantitative estimate of drug-likeness (QED) is 0.483. The molecular formula is C2H5ClIO3P. The van der Waals surface area contributed by atoms with Crippen molar-refractivity contribution in [3.8, 4) is 0 Å². The SMILES string of the molecule is O=P(O)(CI)OCCl. The number of rotatable bonds is 3. The third-order valence-corrected chi connectivity index (χ3v) is 4.08. The van der Waals surface area contributed by atoms with E-state index >= 15 is 0 Å². The van der Waals surface area contributed by atoms with Crippen LogP contribution in [0.2, 0.25) is 0 Å². The van der Waals surface area contributed by atoms with Gasteiger partial charge in [0.05, 0.1) is 0 Å². The van der Waals surface area contributed by atoms with Crippen molar-refractivity contribution in [2.24, 2.45) is 0 Å². The van der Waals surface area contributed by atoms with Crippen molar-refractivity contribution < 1.29 is 14.0 Å². The van der Waals surface area contributed by atoms with Crippen molar-refractivity contribution in [2.75, 3.05) is 10.2 Å². The van der Waals surface area contributed by atoms with Gasteiger partial charge in [0.15, 0.2) is 0 Å². The Morgan fingerprint density at radius 2 is 2.38 bits per heavy atom. The molecule has 0 heterocycles. The fourth-order valence-corrected chi connectivity index (χ4v) is 1.38. The van der Waals surface area contributed by atoms with Crippen molar-refractivity contribution in [3.63, 3.8) is 0 Å². The minimum atomic E-state index is -3.32. The van der Waals surface area contributed by atoms with Crippen LogP contribution >= 0.6 is 41.8 Å². The van der Waals surface area contributed by atoms with Gasteiger partial charge in [-0.2, -0.15) is 0 Å². The Balaban J connectivity index is 3.55. The van der Waals surface area contributed by atoms with E-state index in [9.17, 15) is 4.57 Å². The zero-order valence-electron chi connectivity index (χ0n) is 3.88. The highest BCUT2D eigenvalue weighted by Gasteiger charge is 2.14. The lowest BCUT2D eigenvalue weighted by Gasteiger charge is -2.03. The van der Waals surface area contributed by atoms with Crippen LogP contribution in [-0.2, 0) is 9.09 Å². The normalized spacial score (nSPS) is 17.9. The van der Waals surface area contributed by atoms with Gasteiger partial charge in [-0.3, -0.25) is 9.09 Å². The molecule has 3 nitrogen and oxygen atoms in total. The summed E-state index contributed by atoms with van der Waals surface area (Å²) in [7, 11) is -3.32. The summed E-state index contributed by atoms with van der Waals surface area (Å²) in [6.45, 7) is 0. The van der Waals surface area contributed by atoms with Gasteiger partial charge >= 0.3 is 7.60 Å². The summed E-state index contributed by atoms with van der Waals surface area (Å²) in [5.74, 6) is 0. The van der Waals surface area contributed by atoms with Crippen molar-refractivity contribution >= 4 is 41.8 Å². The lowest BCUT2D eigenvalue weighted by molar-refractivity contribution is 0.307. The first-order valence-electron chi connectivity index (χ1n) is 1.70. The van der Waals surface area contributed by atoms with E-state index in [0.29, 0.717) is 0 Å². The predicted octanol–water partition coefficient (Wildman–Crippen LogP) is 1.78. The Bertz CT molecular complexity index is 107. The highest BCUT2D eigenvalue weighted by atomic mass is 127. The summed E-state index contributed by atoms with van der Waals surface area (Å²) in [6, 6.07) is -0.225. The van der Waals surface area contributed by atoms with Gasteiger partial charge in [0.1, 0.15) is 10.2 Å². The fraction of sp³-hybridized carbons (Fsp3) is 1.00. The lowest BCUT2D eigenvalue weighted by Crippen LogP contribution is -1.85. The van der Waals surface area contributed by atoms with Gasteiger partial charge < -0.3 is 4.89 Å². The van der Waals surface area contributed by atoms with E-state index in [1.165, 1.54) is 0 Å². The molecule has 0 spiro atoms. The average molecular weight is 270 g/mol. The lowest BCUT2D eigenvalue weighted by atomic mass is 11.7. The summed E-state index contributed by atoms with van der Waals surface area (Å²) in [5.41, 5.74) is 0. The van der Waals surface area contributed by atoms with E-state index < -0.39 is 7.60 Å². The van der Waals surface area contributed by atoms with Gasteiger partial charge in [-0.1, -0.05) is 34.2 Å². The van der Waals surface area contributed by atoms with Crippen molar-refractivity contribution in [2.45, 2.75) is 0 Å². The van der Waals surface area contributed by atoms with E-state index in [4.69, 9.17) is 16.5 Å². The van der Waals surface area contributed by atoms with Crippen molar-refractivity contribution in [1.29, 1.82) is 0 Å². The molecule has 0 saturated carbocycles. The highest BCUT2D eigenvalue weighted by Crippen LogP contribution is 2.43. The summed E-state index contributed by atoms with van der Waals surface area (Å²) in [4.78, 5) is 8.56. The van der Waals surface area contributed by atoms with Gasteiger partial charge in [0.2, 0.25) is 0 Å². The molecule has 0 aromatic carbocycles. The summed E-state index contributed by atoms with van der Waals surface area (Å²) in [6.07, 6.45) is 0. The first-order chi connectivity index (χ1) is 3.62. The van der Waals surface area contributed by atoms with Gasteiger partial charge in [0.25, 0.3) is 0 Å². The fourth-order valence-electron chi connectivity index (χ4n) is 0.111. The molecule has 0 aliphatic heterocycles. The van der Waals surface area contributed by atoms with Crippen LogP contribution in [0.5, 0.6) is 0 Å². The molecule has 1 N–H and O–H groups in total. The first kappa shape index (κ1) is 9.17.